The molecule has 7 heteroatoms. The van der Waals surface area contributed by atoms with E-state index >= 15 is 0 Å². The Hall–Kier alpha value is -0.660. The molecule has 1 fully saturated rings. The summed E-state index contributed by atoms with van der Waals surface area (Å²) >= 11 is 0. The molecule has 1 amide bonds. The van der Waals surface area contributed by atoms with Gasteiger partial charge in [-0.25, -0.2) is 12.7 Å². The number of carbonyl (C=O) groups is 1. The summed E-state index contributed by atoms with van der Waals surface area (Å²) in [6, 6.07) is 0.226. The lowest BCUT2D eigenvalue weighted by Gasteiger charge is -2.30. The van der Waals surface area contributed by atoms with Gasteiger partial charge < -0.3 is 10.6 Å². The normalized spacial score (nSPS) is 18.4. The summed E-state index contributed by atoms with van der Waals surface area (Å²) in [5, 5.41) is 6.08. The highest BCUT2D eigenvalue weighted by atomic mass is 32.2. The van der Waals surface area contributed by atoms with E-state index in [1.54, 1.807) is 0 Å². The largest absolute Gasteiger partial charge is 0.355 e. The third-order valence-corrected chi connectivity index (χ3v) is 4.82. The SMILES string of the molecule is CC(C)CCNC(=O)CNC1CCN(S(C)(=O)=O)CC1. The second-order valence-corrected chi connectivity index (χ2v) is 7.83. The summed E-state index contributed by atoms with van der Waals surface area (Å²) in [5.41, 5.74) is 0. The van der Waals surface area contributed by atoms with Crippen molar-refractivity contribution in [2.45, 2.75) is 39.2 Å². The molecule has 0 aromatic rings. The fraction of sp³-hybridized carbons (Fsp3) is 0.923. The van der Waals surface area contributed by atoms with E-state index in [1.165, 1.54) is 10.6 Å². The van der Waals surface area contributed by atoms with Gasteiger partial charge in [-0.15, -0.1) is 0 Å². The van der Waals surface area contributed by atoms with Crippen LogP contribution < -0.4 is 10.6 Å². The average molecular weight is 305 g/mol. The molecule has 6 nitrogen and oxygen atoms in total. The van der Waals surface area contributed by atoms with Gasteiger partial charge in [-0.05, 0) is 25.2 Å². The quantitative estimate of drug-likeness (QED) is 0.702. The molecular formula is C13H27N3O3S. The molecule has 20 heavy (non-hydrogen) atoms. The van der Waals surface area contributed by atoms with Gasteiger partial charge in [0, 0.05) is 25.7 Å². The zero-order valence-corrected chi connectivity index (χ0v) is 13.5. The van der Waals surface area contributed by atoms with Crippen LogP contribution in [0.1, 0.15) is 33.1 Å². The molecule has 0 aromatic carbocycles. The summed E-state index contributed by atoms with van der Waals surface area (Å²) in [4.78, 5) is 11.6. The third-order valence-electron chi connectivity index (χ3n) is 3.52. The topological polar surface area (TPSA) is 78.5 Å². The minimum atomic E-state index is -3.07. The number of amides is 1. The van der Waals surface area contributed by atoms with Crippen LogP contribution in [0.2, 0.25) is 0 Å². The van der Waals surface area contributed by atoms with Gasteiger partial charge >= 0.3 is 0 Å². The number of hydrogen-bond acceptors (Lipinski definition) is 4. The number of carbonyl (C=O) groups excluding carboxylic acids is 1. The van der Waals surface area contributed by atoms with Crippen LogP contribution in [-0.2, 0) is 14.8 Å². The van der Waals surface area contributed by atoms with E-state index in [0.717, 1.165) is 19.3 Å². The molecular weight excluding hydrogens is 278 g/mol. The molecule has 2 N–H and O–H groups in total. The van der Waals surface area contributed by atoms with Gasteiger partial charge in [0.1, 0.15) is 0 Å². The number of hydrogen-bond donors (Lipinski definition) is 2. The zero-order chi connectivity index (χ0) is 15.2. The number of rotatable bonds is 7. The van der Waals surface area contributed by atoms with Gasteiger partial charge in [-0.1, -0.05) is 13.8 Å². The van der Waals surface area contributed by atoms with Crippen molar-refractivity contribution in [2.24, 2.45) is 5.92 Å². The van der Waals surface area contributed by atoms with Crippen LogP contribution >= 0.6 is 0 Å². The molecule has 1 heterocycles. The minimum Gasteiger partial charge on any atom is -0.355 e. The Balaban J connectivity index is 2.16. The molecule has 0 radical (unpaired) electrons. The monoisotopic (exact) mass is 305 g/mol. The fourth-order valence-corrected chi connectivity index (χ4v) is 3.07. The van der Waals surface area contributed by atoms with Crippen molar-refractivity contribution in [3.05, 3.63) is 0 Å². The maximum atomic E-state index is 11.6. The van der Waals surface area contributed by atoms with Crippen LogP contribution in [0, 0.1) is 5.92 Å². The second-order valence-electron chi connectivity index (χ2n) is 5.85. The van der Waals surface area contributed by atoms with Crippen molar-refractivity contribution in [3.63, 3.8) is 0 Å². The summed E-state index contributed by atoms with van der Waals surface area (Å²) < 4.78 is 24.2. The minimum absolute atomic E-state index is 0.0104. The van der Waals surface area contributed by atoms with E-state index in [0.29, 0.717) is 32.1 Å². The Labute approximate surface area is 122 Å². The molecule has 1 aliphatic heterocycles. The maximum Gasteiger partial charge on any atom is 0.233 e. The Kier molecular flexibility index (Phi) is 6.91. The van der Waals surface area contributed by atoms with E-state index in [2.05, 4.69) is 24.5 Å². The number of piperidine rings is 1. The van der Waals surface area contributed by atoms with Gasteiger partial charge in [0.2, 0.25) is 15.9 Å². The summed E-state index contributed by atoms with van der Waals surface area (Å²) in [7, 11) is -3.07. The number of nitrogens with one attached hydrogen (secondary N) is 2. The highest BCUT2D eigenvalue weighted by Gasteiger charge is 2.24. The number of sulfonamides is 1. The van der Waals surface area contributed by atoms with Crippen molar-refractivity contribution < 1.29 is 13.2 Å². The Morgan fingerprint density at radius 2 is 1.90 bits per heavy atom. The first kappa shape index (κ1) is 17.4. The van der Waals surface area contributed by atoms with E-state index in [-0.39, 0.29) is 11.9 Å². The van der Waals surface area contributed by atoms with E-state index in [1.807, 2.05) is 0 Å². The molecule has 1 rings (SSSR count). The zero-order valence-electron chi connectivity index (χ0n) is 12.7. The predicted octanol–water partition coefficient (Wildman–Crippen LogP) is 0.162. The molecule has 0 unspecified atom stereocenters. The van der Waals surface area contributed by atoms with Crippen molar-refractivity contribution in [3.8, 4) is 0 Å². The van der Waals surface area contributed by atoms with Gasteiger partial charge in [-0.2, -0.15) is 0 Å². The van der Waals surface area contributed by atoms with Crippen molar-refractivity contribution in [1.29, 1.82) is 0 Å². The van der Waals surface area contributed by atoms with Crippen molar-refractivity contribution >= 4 is 15.9 Å². The molecule has 0 bridgehead atoms. The Morgan fingerprint density at radius 3 is 2.40 bits per heavy atom. The fourth-order valence-electron chi connectivity index (χ4n) is 2.19. The van der Waals surface area contributed by atoms with Gasteiger partial charge in [-0.3, -0.25) is 4.79 Å². The van der Waals surface area contributed by atoms with Crippen molar-refractivity contribution in [2.75, 3.05) is 32.4 Å². The van der Waals surface area contributed by atoms with E-state index in [4.69, 9.17) is 0 Å². The predicted molar refractivity (Wildman–Crippen MR) is 79.9 cm³/mol. The van der Waals surface area contributed by atoms with E-state index < -0.39 is 10.0 Å². The molecule has 0 atom stereocenters. The average Bonchev–Trinajstić information content (AvgIpc) is 2.35. The smallest absolute Gasteiger partial charge is 0.233 e. The second kappa shape index (κ2) is 7.95. The van der Waals surface area contributed by atoms with Crippen LogP contribution in [0.15, 0.2) is 0 Å². The molecule has 0 saturated carbocycles. The first-order valence-corrected chi connectivity index (χ1v) is 9.09. The first-order chi connectivity index (χ1) is 9.29. The summed E-state index contributed by atoms with van der Waals surface area (Å²) in [6.07, 6.45) is 3.74. The lowest BCUT2D eigenvalue weighted by Crippen LogP contribution is -2.47. The van der Waals surface area contributed by atoms with Crippen LogP contribution in [0.25, 0.3) is 0 Å². The molecule has 1 aliphatic rings. The van der Waals surface area contributed by atoms with Crippen LogP contribution in [0.5, 0.6) is 0 Å². The van der Waals surface area contributed by atoms with E-state index in [9.17, 15) is 13.2 Å². The molecule has 118 valence electrons. The third kappa shape index (κ3) is 6.67. The summed E-state index contributed by atoms with van der Waals surface area (Å²) in [6.45, 7) is 6.34. The Bertz CT molecular complexity index is 401. The molecule has 0 spiro atoms. The van der Waals surface area contributed by atoms with Crippen LogP contribution in [-0.4, -0.2) is 57.1 Å². The van der Waals surface area contributed by atoms with Gasteiger partial charge in [0.15, 0.2) is 0 Å². The van der Waals surface area contributed by atoms with Gasteiger partial charge in [0.05, 0.1) is 12.8 Å². The Morgan fingerprint density at radius 1 is 1.30 bits per heavy atom. The maximum absolute atomic E-state index is 11.6. The standard InChI is InChI=1S/C13H27N3O3S/c1-11(2)4-7-14-13(17)10-15-12-5-8-16(9-6-12)20(3,18)19/h11-12,15H,4-10H2,1-3H3,(H,14,17). The lowest BCUT2D eigenvalue weighted by atomic mass is 10.1. The van der Waals surface area contributed by atoms with Crippen molar-refractivity contribution in [1.82, 2.24) is 14.9 Å². The van der Waals surface area contributed by atoms with Crippen LogP contribution in [0.3, 0.4) is 0 Å². The first-order valence-electron chi connectivity index (χ1n) is 7.24. The molecule has 0 aromatic heterocycles. The number of nitrogens with zero attached hydrogens (tertiary/aromatic N) is 1. The van der Waals surface area contributed by atoms with Gasteiger partial charge in [0.25, 0.3) is 0 Å². The van der Waals surface area contributed by atoms with Crippen LogP contribution in [0.4, 0.5) is 0 Å². The molecule has 1 saturated heterocycles. The summed E-state index contributed by atoms with van der Waals surface area (Å²) in [5.74, 6) is 0.597. The molecule has 0 aliphatic carbocycles. The highest BCUT2D eigenvalue weighted by molar-refractivity contribution is 7.88. The lowest BCUT2D eigenvalue weighted by molar-refractivity contribution is -0.120. The highest BCUT2D eigenvalue weighted by Crippen LogP contribution is 2.12.